The molecule has 1 aliphatic rings. The molecule has 0 bridgehead atoms. The Morgan fingerprint density at radius 2 is 2.17 bits per heavy atom. The molecule has 1 aromatic carbocycles. The average molecular weight is 330 g/mol. The maximum atomic E-state index is 13.0. The van der Waals surface area contributed by atoms with E-state index >= 15 is 0 Å². The van der Waals surface area contributed by atoms with Crippen molar-refractivity contribution in [2.24, 2.45) is 5.16 Å². The topological polar surface area (TPSA) is 68.5 Å². The Balaban J connectivity index is 1.56. The monoisotopic (exact) mass is 330 g/mol. The lowest BCUT2D eigenvalue weighted by Gasteiger charge is -2.10. The number of amides is 1. The van der Waals surface area contributed by atoms with Gasteiger partial charge < -0.3 is 10.2 Å². The highest BCUT2D eigenvalue weighted by atomic mass is 19.1. The molecule has 0 saturated carbocycles. The van der Waals surface area contributed by atoms with Gasteiger partial charge in [0.1, 0.15) is 5.82 Å². The van der Waals surface area contributed by atoms with Gasteiger partial charge in [0.15, 0.2) is 0 Å². The summed E-state index contributed by atoms with van der Waals surface area (Å²) in [7, 11) is 0. The fraction of sp³-hybridized carbons (Fsp3) is 0.353. The number of rotatable bonds is 5. The number of benzene rings is 1. The highest BCUT2D eigenvalue weighted by Crippen LogP contribution is 2.17. The van der Waals surface area contributed by atoms with Crippen molar-refractivity contribution in [3.05, 3.63) is 53.1 Å². The van der Waals surface area contributed by atoms with E-state index in [1.807, 2.05) is 24.6 Å². The van der Waals surface area contributed by atoms with Crippen LogP contribution in [0.15, 0.2) is 35.5 Å². The van der Waals surface area contributed by atoms with Gasteiger partial charge in [0, 0.05) is 13.0 Å². The van der Waals surface area contributed by atoms with Crippen molar-refractivity contribution in [3.8, 4) is 0 Å². The first-order chi connectivity index (χ1) is 11.6. The molecule has 0 aliphatic carbocycles. The first-order valence-corrected chi connectivity index (χ1v) is 7.86. The van der Waals surface area contributed by atoms with Gasteiger partial charge in [-0.15, -0.1) is 0 Å². The predicted octanol–water partition coefficient (Wildman–Crippen LogP) is 2.16. The number of oxime groups is 1. The summed E-state index contributed by atoms with van der Waals surface area (Å²) in [5, 5.41) is 11.1. The lowest BCUT2D eigenvalue weighted by molar-refractivity contribution is -0.131. The molecule has 0 radical (unpaired) electrons. The number of nitrogens with zero attached hydrogens (tertiary/aromatic N) is 3. The summed E-state index contributed by atoms with van der Waals surface area (Å²) in [6.45, 7) is 5.05. The predicted molar refractivity (Wildman–Crippen MR) is 86.9 cm³/mol. The van der Waals surface area contributed by atoms with E-state index in [9.17, 15) is 9.18 Å². The van der Waals surface area contributed by atoms with Crippen LogP contribution in [-0.4, -0.2) is 27.5 Å². The van der Waals surface area contributed by atoms with Crippen LogP contribution < -0.4 is 5.32 Å². The largest absolute Gasteiger partial charge is 0.382 e. The third-order valence-electron chi connectivity index (χ3n) is 3.87. The van der Waals surface area contributed by atoms with Crippen molar-refractivity contribution in [2.75, 3.05) is 0 Å². The van der Waals surface area contributed by atoms with Crippen molar-refractivity contribution in [2.45, 2.75) is 39.5 Å². The van der Waals surface area contributed by atoms with E-state index in [1.54, 1.807) is 12.1 Å². The van der Waals surface area contributed by atoms with Crippen LogP contribution in [-0.2, 0) is 22.7 Å². The van der Waals surface area contributed by atoms with Gasteiger partial charge in [-0.2, -0.15) is 5.10 Å². The number of hydrogen-bond donors (Lipinski definition) is 1. The second-order valence-electron chi connectivity index (χ2n) is 5.65. The van der Waals surface area contributed by atoms with Crippen molar-refractivity contribution < 1.29 is 14.0 Å². The number of nitrogens with one attached hydrogen (secondary N) is 1. The molecule has 1 atom stereocenters. The lowest BCUT2D eigenvalue weighted by Crippen LogP contribution is -2.34. The molecule has 1 amide bonds. The molecule has 6 nitrogen and oxygen atoms in total. The molecule has 7 heteroatoms. The SMILES string of the molecule is CCn1nc(C)cc1CNC(=O)C1CC(c2ccc(F)cc2)=NO1. The van der Waals surface area contributed by atoms with E-state index in [1.165, 1.54) is 12.1 Å². The van der Waals surface area contributed by atoms with Crippen LogP contribution in [0.2, 0.25) is 0 Å². The summed E-state index contributed by atoms with van der Waals surface area (Å²) < 4.78 is 14.8. The van der Waals surface area contributed by atoms with Crippen LogP contribution in [0.1, 0.15) is 30.3 Å². The summed E-state index contributed by atoms with van der Waals surface area (Å²) in [6, 6.07) is 7.92. The minimum Gasteiger partial charge on any atom is -0.382 e. The van der Waals surface area contributed by atoms with Gasteiger partial charge in [-0.3, -0.25) is 9.48 Å². The van der Waals surface area contributed by atoms with Crippen molar-refractivity contribution in [3.63, 3.8) is 0 Å². The zero-order valence-electron chi connectivity index (χ0n) is 13.6. The quantitative estimate of drug-likeness (QED) is 0.913. The summed E-state index contributed by atoms with van der Waals surface area (Å²) >= 11 is 0. The molecule has 1 aromatic heterocycles. The van der Waals surface area contributed by atoms with E-state index in [-0.39, 0.29) is 11.7 Å². The fourth-order valence-corrected chi connectivity index (χ4v) is 2.64. The molecule has 1 aliphatic heterocycles. The highest BCUT2D eigenvalue weighted by molar-refractivity contribution is 6.04. The smallest absolute Gasteiger partial charge is 0.264 e. The van der Waals surface area contributed by atoms with Gasteiger partial charge in [0.25, 0.3) is 5.91 Å². The zero-order chi connectivity index (χ0) is 17.1. The standard InChI is InChI=1S/C17H19FN4O2/c1-3-22-14(8-11(2)20-22)10-19-17(23)16-9-15(21-24-16)12-4-6-13(18)7-5-12/h4-8,16H,3,9-10H2,1-2H3,(H,19,23). The highest BCUT2D eigenvalue weighted by Gasteiger charge is 2.28. The summed E-state index contributed by atoms with van der Waals surface area (Å²) in [5.41, 5.74) is 3.26. The first-order valence-electron chi connectivity index (χ1n) is 7.86. The van der Waals surface area contributed by atoms with Gasteiger partial charge in [-0.1, -0.05) is 17.3 Å². The van der Waals surface area contributed by atoms with Crippen LogP contribution in [0.3, 0.4) is 0 Å². The van der Waals surface area contributed by atoms with E-state index in [0.717, 1.165) is 23.5 Å². The maximum Gasteiger partial charge on any atom is 0.264 e. The van der Waals surface area contributed by atoms with E-state index in [2.05, 4.69) is 15.6 Å². The number of carbonyl (C=O) groups excluding carboxylic acids is 1. The summed E-state index contributed by atoms with van der Waals surface area (Å²) in [6.07, 6.45) is -0.298. The van der Waals surface area contributed by atoms with Crippen molar-refractivity contribution >= 4 is 11.6 Å². The van der Waals surface area contributed by atoms with Crippen LogP contribution in [0.4, 0.5) is 4.39 Å². The molecule has 2 aromatic rings. The lowest BCUT2D eigenvalue weighted by atomic mass is 10.0. The molecule has 0 saturated heterocycles. The molecule has 1 unspecified atom stereocenters. The van der Waals surface area contributed by atoms with Gasteiger partial charge >= 0.3 is 0 Å². The fourth-order valence-electron chi connectivity index (χ4n) is 2.64. The summed E-state index contributed by atoms with van der Waals surface area (Å²) in [5.74, 6) is -0.534. The van der Waals surface area contributed by atoms with E-state index in [0.29, 0.717) is 18.7 Å². The molecule has 2 heterocycles. The Kier molecular flexibility index (Phi) is 4.59. The van der Waals surface area contributed by atoms with Gasteiger partial charge in [0.2, 0.25) is 6.10 Å². The minimum atomic E-state index is -0.663. The zero-order valence-corrected chi connectivity index (χ0v) is 13.6. The number of aromatic nitrogens is 2. The van der Waals surface area contributed by atoms with Gasteiger partial charge in [-0.25, -0.2) is 4.39 Å². The van der Waals surface area contributed by atoms with Crippen molar-refractivity contribution in [1.82, 2.24) is 15.1 Å². The number of aryl methyl sites for hydroxylation is 2. The average Bonchev–Trinajstić information content (AvgIpc) is 3.20. The first kappa shape index (κ1) is 16.2. The Labute approximate surface area is 139 Å². The maximum absolute atomic E-state index is 13.0. The minimum absolute atomic E-state index is 0.225. The van der Waals surface area contributed by atoms with Gasteiger partial charge in [-0.05, 0) is 37.6 Å². The Hall–Kier alpha value is -2.70. The molecule has 1 N–H and O–H groups in total. The normalized spacial score (nSPS) is 16.6. The summed E-state index contributed by atoms with van der Waals surface area (Å²) in [4.78, 5) is 17.5. The van der Waals surface area contributed by atoms with Crippen LogP contribution in [0.25, 0.3) is 0 Å². The van der Waals surface area contributed by atoms with Crippen molar-refractivity contribution in [1.29, 1.82) is 0 Å². The molecule has 126 valence electrons. The van der Waals surface area contributed by atoms with E-state index in [4.69, 9.17) is 4.84 Å². The van der Waals surface area contributed by atoms with Crippen LogP contribution >= 0.6 is 0 Å². The second-order valence-corrected chi connectivity index (χ2v) is 5.65. The second kappa shape index (κ2) is 6.82. The molecule has 0 fully saturated rings. The number of hydrogen-bond acceptors (Lipinski definition) is 4. The van der Waals surface area contributed by atoms with Crippen LogP contribution in [0.5, 0.6) is 0 Å². The Morgan fingerprint density at radius 3 is 2.88 bits per heavy atom. The van der Waals surface area contributed by atoms with E-state index < -0.39 is 6.10 Å². The molecule has 3 rings (SSSR count). The molecule has 0 spiro atoms. The number of halogens is 1. The molecular weight excluding hydrogens is 311 g/mol. The Bertz CT molecular complexity index is 767. The molecular formula is C17H19FN4O2. The molecule has 24 heavy (non-hydrogen) atoms. The Morgan fingerprint density at radius 1 is 1.42 bits per heavy atom. The van der Waals surface area contributed by atoms with Gasteiger partial charge in [0.05, 0.1) is 23.6 Å². The van der Waals surface area contributed by atoms with Crippen LogP contribution in [0, 0.1) is 12.7 Å². The third kappa shape index (κ3) is 3.45. The number of carbonyl (C=O) groups is 1. The third-order valence-corrected chi connectivity index (χ3v) is 3.87.